The third kappa shape index (κ3) is 2.56. The molecule has 0 spiro atoms. The molecule has 1 heterocycles. The number of benzene rings is 1. The molecule has 19 heavy (non-hydrogen) atoms. The number of nitrogens with zero attached hydrogens (tertiary/aromatic N) is 2. The number of aliphatic hydroxyl groups is 1. The molecular weight excluding hydrogens is 244 g/mol. The van der Waals surface area contributed by atoms with Crippen LogP contribution in [0.1, 0.15) is 45.3 Å². The van der Waals surface area contributed by atoms with E-state index >= 15 is 0 Å². The van der Waals surface area contributed by atoms with E-state index < -0.39 is 6.10 Å². The second-order valence-electron chi connectivity index (χ2n) is 5.75. The molecule has 1 saturated heterocycles. The van der Waals surface area contributed by atoms with Crippen LogP contribution in [-0.2, 0) is 0 Å². The standard InChI is InChI=1S/C14H20N2O3/c1-10(17)11-5-6-12(13(9-11)16(18)19)15-8-4-7-14(15,2)3/h5-6,9-10,17H,4,7-8H2,1-3H3. The Bertz CT molecular complexity index is 497. The molecule has 0 bridgehead atoms. The van der Waals surface area contributed by atoms with Crippen molar-refractivity contribution in [3.63, 3.8) is 0 Å². The van der Waals surface area contributed by atoms with Crippen molar-refractivity contribution in [2.75, 3.05) is 11.4 Å². The van der Waals surface area contributed by atoms with Gasteiger partial charge in [0.1, 0.15) is 5.69 Å². The molecular formula is C14H20N2O3. The van der Waals surface area contributed by atoms with E-state index in [4.69, 9.17) is 0 Å². The Kier molecular flexibility index (Phi) is 3.49. The molecule has 0 amide bonds. The number of anilines is 1. The summed E-state index contributed by atoms with van der Waals surface area (Å²) in [5.74, 6) is 0. The van der Waals surface area contributed by atoms with Gasteiger partial charge >= 0.3 is 0 Å². The van der Waals surface area contributed by atoms with Gasteiger partial charge in [-0.1, -0.05) is 6.07 Å². The Morgan fingerprint density at radius 1 is 1.47 bits per heavy atom. The molecule has 0 saturated carbocycles. The van der Waals surface area contributed by atoms with E-state index in [0.717, 1.165) is 19.4 Å². The Labute approximate surface area is 113 Å². The van der Waals surface area contributed by atoms with Crippen molar-refractivity contribution in [3.8, 4) is 0 Å². The van der Waals surface area contributed by atoms with Gasteiger partial charge in [0.15, 0.2) is 0 Å². The summed E-state index contributed by atoms with van der Waals surface area (Å²) in [6.07, 6.45) is 1.38. The predicted molar refractivity (Wildman–Crippen MR) is 74.4 cm³/mol. The maximum atomic E-state index is 11.3. The molecule has 5 nitrogen and oxygen atoms in total. The van der Waals surface area contributed by atoms with E-state index in [0.29, 0.717) is 11.3 Å². The highest BCUT2D eigenvalue weighted by Crippen LogP contribution is 2.39. The van der Waals surface area contributed by atoms with E-state index in [2.05, 4.69) is 18.7 Å². The number of rotatable bonds is 3. The van der Waals surface area contributed by atoms with Crippen molar-refractivity contribution >= 4 is 11.4 Å². The first-order valence-electron chi connectivity index (χ1n) is 6.57. The average Bonchev–Trinajstić information content (AvgIpc) is 2.67. The van der Waals surface area contributed by atoms with Crippen LogP contribution in [0.2, 0.25) is 0 Å². The highest BCUT2D eigenvalue weighted by molar-refractivity contribution is 5.66. The number of aliphatic hydroxyl groups excluding tert-OH is 1. The minimum atomic E-state index is -0.695. The molecule has 1 atom stereocenters. The third-order valence-electron chi connectivity index (χ3n) is 3.87. The lowest BCUT2D eigenvalue weighted by Crippen LogP contribution is -2.38. The minimum Gasteiger partial charge on any atom is -0.389 e. The molecule has 1 aliphatic rings. The predicted octanol–water partition coefficient (Wildman–Crippen LogP) is 3.03. The van der Waals surface area contributed by atoms with E-state index in [1.807, 2.05) is 0 Å². The zero-order valence-corrected chi connectivity index (χ0v) is 11.6. The summed E-state index contributed by atoms with van der Waals surface area (Å²) in [7, 11) is 0. The highest BCUT2D eigenvalue weighted by Gasteiger charge is 2.35. The molecule has 1 aromatic carbocycles. The topological polar surface area (TPSA) is 66.6 Å². The lowest BCUT2D eigenvalue weighted by atomic mass is 10.0. The van der Waals surface area contributed by atoms with Crippen LogP contribution in [0, 0.1) is 10.1 Å². The smallest absolute Gasteiger partial charge is 0.292 e. The molecule has 0 radical (unpaired) electrons. The van der Waals surface area contributed by atoms with E-state index in [9.17, 15) is 15.2 Å². The molecule has 0 aromatic heterocycles. The van der Waals surface area contributed by atoms with Gasteiger partial charge in [0.2, 0.25) is 0 Å². The van der Waals surface area contributed by atoms with Crippen molar-refractivity contribution in [1.82, 2.24) is 0 Å². The van der Waals surface area contributed by atoms with Gasteiger partial charge in [-0.3, -0.25) is 10.1 Å². The van der Waals surface area contributed by atoms with Gasteiger partial charge in [-0.25, -0.2) is 0 Å². The van der Waals surface area contributed by atoms with Gasteiger partial charge in [0.25, 0.3) is 5.69 Å². The number of hydrogen-bond acceptors (Lipinski definition) is 4. The number of hydrogen-bond donors (Lipinski definition) is 1. The van der Waals surface area contributed by atoms with Crippen LogP contribution in [-0.4, -0.2) is 22.1 Å². The lowest BCUT2D eigenvalue weighted by molar-refractivity contribution is -0.384. The molecule has 1 N–H and O–H groups in total. The minimum absolute atomic E-state index is 0.0584. The van der Waals surface area contributed by atoms with Crippen molar-refractivity contribution in [3.05, 3.63) is 33.9 Å². The van der Waals surface area contributed by atoms with Crippen LogP contribution in [0.15, 0.2) is 18.2 Å². The Hall–Kier alpha value is -1.62. The maximum absolute atomic E-state index is 11.3. The van der Waals surface area contributed by atoms with Gasteiger partial charge in [0.05, 0.1) is 11.0 Å². The van der Waals surface area contributed by atoms with Crippen LogP contribution < -0.4 is 4.90 Å². The quantitative estimate of drug-likeness (QED) is 0.673. The summed E-state index contributed by atoms with van der Waals surface area (Å²) < 4.78 is 0. The van der Waals surface area contributed by atoms with Gasteiger partial charge < -0.3 is 10.0 Å². The van der Waals surface area contributed by atoms with Crippen LogP contribution >= 0.6 is 0 Å². The molecule has 2 rings (SSSR count). The summed E-state index contributed by atoms with van der Waals surface area (Å²) in [4.78, 5) is 13.0. The van der Waals surface area contributed by atoms with Crippen LogP contribution in [0.25, 0.3) is 0 Å². The fraction of sp³-hybridized carbons (Fsp3) is 0.571. The SMILES string of the molecule is CC(O)c1ccc(N2CCCC2(C)C)c([N+](=O)[O-])c1. The molecule has 104 valence electrons. The first-order chi connectivity index (χ1) is 8.83. The monoisotopic (exact) mass is 264 g/mol. The zero-order chi connectivity index (χ0) is 14.2. The fourth-order valence-corrected chi connectivity index (χ4v) is 2.73. The number of nitro groups is 1. The van der Waals surface area contributed by atoms with Crippen LogP contribution in [0.4, 0.5) is 11.4 Å². The second-order valence-corrected chi connectivity index (χ2v) is 5.75. The average molecular weight is 264 g/mol. The Morgan fingerprint density at radius 2 is 2.16 bits per heavy atom. The molecule has 1 fully saturated rings. The number of nitro benzene ring substituents is 1. The van der Waals surface area contributed by atoms with E-state index in [1.54, 1.807) is 19.1 Å². The molecule has 1 aliphatic heterocycles. The first-order valence-corrected chi connectivity index (χ1v) is 6.57. The molecule has 1 aromatic rings. The maximum Gasteiger partial charge on any atom is 0.292 e. The van der Waals surface area contributed by atoms with Crippen molar-refractivity contribution in [2.45, 2.75) is 45.3 Å². The second kappa shape index (κ2) is 4.81. The molecule has 1 unspecified atom stereocenters. The fourth-order valence-electron chi connectivity index (χ4n) is 2.73. The molecule has 5 heteroatoms. The van der Waals surface area contributed by atoms with Gasteiger partial charge in [-0.15, -0.1) is 0 Å². The van der Waals surface area contributed by atoms with E-state index in [-0.39, 0.29) is 16.1 Å². The zero-order valence-electron chi connectivity index (χ0n) is 11.6. The molecule has 0 aliphatic carbocycles. The third-order valence-corrected chi connectivity index (χ3v) is 3.87. The summed E-state index contributed by atoms with van der Waals surface area (Å²) in [5, 5.41) is 20.8. The van der Waals surface area contributed by atoms with Crippen LogP contribution in [0.5, 0.6) is 0 Å². The summed E-state index contributed by atoms with van der Waals surface area (Å²) in [6.45, 7) is 6.65. The van der Waals surface area contributed by atoms with Crippen molar-refractivity contribution < 1.29 is 10.0 Å². The first kappa shape index (κ1) is 13.8. The van der Waals surface area contributed by atoms with E-state index in [1.165, 1.54) is 6.07 Å². The highest BCUT2D eigenvalue weighted by atomic mass is 16.6. The van der Waals surface area contributed by atoms with Gasteiger partial charge in [0, 0.05) is 18.2 Å². The Morgan fingerprint density at radius 3 is 2.63 bits per heavy atom. The van der Waals surface area contributed by atoms with Gasteiger partial charge in [-0.05, 0) is 45.2 Å². The summed E-state index contributed by atoms with van der Waals surface area (Å²) in [5.41, 5.74) is 1.25. The Balaban J connectivity index is 2.48. The summed E-state index contributed by atoms with van der Waals surface area (Å²) in [6, 6.07) is 5.00. The largest absolute Gasteiger partial charge is 0.389 e. The van der Waals surface area contributed by atoms with Crippen molar-refractivity contribution in [1.29, 1.82) is 0 Å². The van der Waals surface area contributed by atoms with Crippen molar-refractivity contribution in [2.24, 2.45) is 0 Å². The summed E-state index contributed by atoms with van der Waals surface area (Å²) >= 11 is 0. The van der Waals surface area contributed by atoms with Crippen LogP contribution in [0.3, 0.4) is 0 Å². The van der Waals surface area contributed by atoms with Gasteiger partial charge in [-0.2, -0.15) is 0 Å². The normalized spacial score (nSPS) is 19.5. The lowest BCUT2D eigenvalue weighted by Gasteiger charge is -2.33.